The van der Waals surface area contributed by atoms with Crippen LogP contribution in [0.1, 0.15) is 79.1 Å². The van der Waals surface area contributed by atoms with Crippen LogP contribution in [0.4, 0.5) is 0 Å². The highest BCUT2D eigenvalue weighted by molar-refractivity contribution is 4.70. The van der Waals surface area contributed by atoms with Crippen molar-refractivity contribution in [3.63, 3.8) is 0 Å². The van der Waals surface area contributed by atoms with Gasteiger partial charge >= 0.3 is 0 Å². The molecule has 0 heterocycles. The molecule has 0 saturated heterocycles. The van der Waals surface area contributed by atoms with Gasteiger partial charge in [-0.3, -0.25) is 0 Å². The molecule has 0 aromatic rings. The molecule has 0 rings (SSSR count). The average Bonchev–Trinajstić information content (AvgIpc) is 2.36. The maximum Gasteiger partial charge on any atom is 0.0833 e. The molecule has 0 amide bonds. The Bertz CT molecular complexity index is 168. The minimum atomic E-state index is -0.345. The molecule has 0 saturated carbocycles. The molecular weight excluding hydrogens is 224 g/mol. The first-order chi connectivity index (χ1) is 8.65. The van der Waals surface area contributed by atoms with E-state index in [2.05, 4.69) is 20.8 Å². The number of aliphatic hydroxyl groups is 1. The summed E-state index contributed by atoms with van der Waals surface area (Å²) in [7, 11) is 0. The monoisotopic (exact) mass is 258 g/mol. The first-order valence-electron chi connectivity index (χ1n) is 7.95. The Morgan fingerprint density at radius 2 is 1.67 bits per heavy atom. The minimum absolute atomic E-state index is 0.0312. The second kappa shape index (κ2) is 12.0. The number of rotatable bonds is 12. The molecule has 1 N–H and O–H groups in total. The van der Waals surface area contributed by atoms with E-state index in [9.17, 15) is 5.11 Å². The highest BCUT2D eigenvalue weighted by Crippen LogP contribution is 2.21. The van der Waals surface area contributed by atoms with Gasteiger partial charge in [0.05, 0.1) is 12.2 Å². The van der Waals surface area contributed by atoms with Crippen LogP contribution in [0.3, 0.4) is 0 Å². The zero-order chi connectivity index (χ0) is 13.8. The molecule has 0 aromatic heterocycles. The normalized spacial score (nSPS) is 16.5. The van der Waals surface area contributed by atoms with Gasteiger partial charge in [0.25, 0.3) is 0 Å². The van der Waals surface area contributed by atoms with Gasteiger partial charge in [-0.15, -0.1) is 0 Å². The van der Waals surface area contributed by atoms with Gasteiger partial charge in [0.15, 0.2) is 0 Å². The first-order valence-corrected chi connectivity index (χ1v) is 7.95. The van der Waals surface area contributed by atoms with Crippen molar-refractivity contribution in [3.8, 4) is 0 Å². The molecule has 2 heteroatoms. The molecule has 0 aromatic carbocycles. The fourth-order valence-corrected chi connectivity index (χ4v) is 2.30. The molecule has 3 unspecified atom stereocenters. The van der Waals surface area contributed by atoms with Gasteiger partial charge in [0, 0.05) is 6.61 Å². The summed E-state index contributed by atoms with van der Waals surface area (Å²) in [4.78, 5) is 0. The number of aliphatic hydroxyl groups excluding tert-OH is 1. The van der Waals surface area contributed by atoms with Gasteiger partial charge in [-0.05, 0) is 25.7 Å². The summed E-state index contributed by atoms with van der Waals surface area (Å²) in [5, 5.41) is 9.81. The smallest absolute Gasteiger partial charge is 0.0833 e. The van der Waals surface area contributed by atoms with E-state index in [4.69, 9.17) is 4.74 Å². The van der Waals surface area contributed by atoms with Crippen molar-refractivity contribution in [1.29, 1.82) is 0 Å². The third kappa shape index (κ3) is 8.93. The molecule has 3 atom stereocenters. The van der Waals surface area contributed by atoms with E-state index >= 15 is 0 Å². The lowest BCUT2D eigenvalue weighted by Gasteiger charge is -2.25. The zero-order valence-corrected chi connectivity index (χ0v) is 13.0. The summed E-state index contributed by atoms with van der Waals surface area (Å²) >= 11 is 0. The first kappa shape index (κ1) is 17.9. The van der Waals surface area contributed by atoms with E-state index in [1.807, 2.05) is 6.92 Å². The molecule has 0 aliphatic carbocycles. The Hall–Kier alpha value is -0.0800. The van der Waals surface area contributed by atoms with Crippen molar-refractivity contribution in [2.45, 2.75) is 91.3 Å². The van der Waals surface area contributed by atoms with Gasteiger partial charge in [-0.2, -0.15) is 0 Å². The Labute approximate surface area is 114 Å². The summed E-state index contributed by atoms with van der Waals surface area (Å²) in [6, 6.07) is 0. The van der Waals surface area contributed by atoms with Crippen LogP contribution in [0.25, 0.3) is 0 Å². The van der Waals surface area contributed by atoms with Crippen LogP contribution >= 0.6 is 0 Å². The maximum absolute atomic E-state index is 9.81. The molecule has 0 fully saturated rings. The third-order valence-corrected chi connectivity index (χ3v) is 3.73. The summed E-state index contributed by atoms with van der Waals surface area (Å²) in [5.74, 6) is 0.704. The van der Waals surface area contributed by atoms with Crippen LogP contribution in [0, 0.1) is 5.92 Å². The second-order valence-electron chi connectivity index (χ2n) is 5.51. The van der Waals surface area contributed by atoms with E-state index in [1.165, 1.54) is 38.5 Å². The Kier molecular flexibility index (Phi) is 11.9. The van der Waals surface area contributed by atoms with Gasteiger partial charge < -0.3 is 9.84 Å². The number of ether oxygens (including phenoxy) is 1. The highest BCUT2D eigenvalue weighted by atomic mass is 16.5. The van der Waals surface area contributed by atoms with Crippen LogP contribution in [-0.2, 0) is 4.74 Å². The quantitative estimate of drug-likeness (QED) is 0.520. The summed E-state index contributed by atoms with van der Waals surface area (Å²) in [6.07, 6.45) is 9.28. The molecule has 0 radical (unpaired) electrons. The minimum Gasteiger partial charge on any atom is -0.391 e. The second-order valence-corrected chi connectivity index (χ2v) is 5.51. The Morgan fingerprint density at radius 3 is 2.17 bits per heavy atom. The Balaban J connectivity index is 3.98. The molecule has 0 spiro atoms. The fourth-order valence-electron chi connectivity index (χ4n) is 2.30. The average molecular weight is 258 g/mol. The summed E-state index contributed by atoms with van der Waals surface area (Å²) < 4.78 is 5.87. The highest BCUT2D eigenvalue weighted by Gasteiger charge is 2.19. The lowest BCUT2D eigenvalue weighted by molar-refractivity contribution is -0.0434. The predicted octanol–water partition coefficient (Wildman–Crippen LogP) is 4.55. The Morgan fingerprint density at radius 1 is 1.00 bits per heavy atom. The van der Waals surface area contributed by atoms with Crippen molar-refractivity contribution in [2.75, 3.05) is 6.61 Å². The van der Waals surface area contributed by atoms with E-state index in [0.29, 0.717) is 5.92 Å². The molecular formula is C16H34O2. The van der Waals surface area contributed by atoms with Gasteiger partial charge in [0.2, 0.25) is 0 Å². The summed E-state index contributed by atoms with van der Waals surface area (Å²) in [6.45, 7) is 9.34. The number of unbranched alkanes of at least 4 members (excludes halogenated alkanes) is 3. The van der Waals surface area contributed by atoms with E-state index < -0.39 is 0 Å². The van der Waals surface area contributed by atoms with Crippen LogP contribution < -0.4 is 0 Å². The number of hydrogen-bond donors (Lipinski definition) is 1. The largest absolute Gasteiger partial charge is 0.391 e. The van der Waals surface area contributed by atoms with Crippen molar-refractivity contribution in [3.05, 3.63) is 0 Å². The lowest BCUT2D eigenvalue weighted by Crippen LogP contribution is -2.29. The predicted molar refractivity (Wildman–Crippen MR) is 78.9 cm³/mol. The standard InChI is InChI=1S/C16H34O2/c1-5-8-10-12-18-16(14(4)17)13-15(7-3)11-9-6-2/h14-17H,5-13H2,1-4H3. The molecule has 0 aliphatic heterocycles. The van der Waals surface area contributed by atoms with Crippen LogP contribution in [-0.4, -0.2) is 23.9 Å². The van der Waals surface area contributed by atoms with Crippen LogP contribution in [0.2, 0.25) is 0 Å². The SMILES string of the molecule is CCCCCOC(CC(CC)CCCC)C(C)O. The van der Waals surface area contributed by atoms with Crippen LogP contribution in [0.5, 0.6) is 0 Å². The van der Waals surface area contributed by atoms with Crippen molar-refractivity contribution >= 4 is 0 Å². The molecule has 0 bridgehead atoms. The third-order valence-electron chi connectivity index (χ3n) is 3.73. The summed E-state index contributed by atoms with van der Waals surface area (Å²) in [5.41, 5.74) is 0. The van der Waals surface area contributed by atoms with Gasteiger partial charge in [0.1, 0.15) is 0 Å². The van der Waals surface area contributed by atoms with E-state index in [1.54, 1.807) is 0 Å². The molecule has 2 nitrogen and oxygen atoms in total. The zero-order valence-electron chi connectivity index (χ0n) is 13.0. The maximum atomic E-state index is 9.81. The van der Waals surface area contributed by atoms with E-state index in [-0.39, 0.29) is 12.2 Å². The van der Waals surface area contributed by atoms with Crippen molar-refractivity contribution in [1.82, 2.24) is 0 Å². The number of hydrogen-bond acceptors (Lipinski definition) is 2. The fraction of sp³-hybridized carbons (Fsp3) is 1.00. The van der Waals surface area contributed by atoms with Crippen molar-refractivity contribution < 1.29 is 9.84 Å². The van der Waals surface area contributed by atoms with Gasteiger partial charge in [-0.1, -0.05) is 59.3 Å². The molecule has 0 aliphatic rings. The molecule has 18 heavy (non-hydrogen) atoms. The van der Waals surface area contributed by atoms with Gasteiger partial charge in [-0.25, -0.2) is 0 Å². The lowest BCUT2D eigenvalue weighted by atomic mass is 9.91. The molecule has 110 valence electrons. The van der Waals surface area contributed by atoms with Crippen molar-refractivity contribution in [2.24, 2.45) is 5.92 Å². The van der Waals surface area contributed by atoms with Crippen LogP contribution in [0.15, 0.2) is 0 Å². The van der Waals surface area contributed by atoms with E-state index in [0.717, 1.165) is 19.4 Å². The topological polar surface area (TPSA) is 29.5 Å².